The average molecular weight is 445 g/mol. The van der Waals surface area contributed by atoms with E-state index in [1.807, 2.05) is 42.5 Å². The van der Waals surface area contributed by atoms with Gasteiger partial charge in [-0.25, -0.2) is 12.1 Å². The van der Waals surface area contributed by atoms with Gasteiger partial charge in [0, 0.05) is 23.1 Å². The molecule has 0 fully saturated rings. The van der Waals surface area contributed by atoms with Gasteiger partial charge >= 0.3 is 0 Å². The van der Waals surface area contributed by atoms with Gasteiger partial charge in [-0.2, -0.15) is 6.07 Å². The van der Waals surface area contributed by atoms with Crippen LogP contribution in [0.5, 0.6) is 0 Å². The van der Waals surface area contributed by atoms with Crippen LogP contribution >= 0.6 is 6.04 Å². The van der Waals surface area contributed by atoms with E-state index >= 15 is 0 Å². The summed E-state index contributed by atoms with van der Waals surface area (Å²) >= 11 is 6.35. The minimum atomic E-state index is -2.03. The van der Waals surface area contributed by atoms with Crippen molar-refractivity contribution in [2.24, 2.45) is 0 Å². The Kier molecular flexibility index (Phi) is 8.48. The Balaban J connectivity index is 0.000000408. The maximum Gasteiger partial charge on any atom is 0.0159 e. The van der Waals surface area contributed by atoms with Gasteiger partial charge in [0.05, 0.1) is 0 Å². The minimum Gasteiger partial charge on any atom is -0.748 e. The molecule has 4 aromatic rings. The summed E-state index contributed by atoms with van der Waals surface area (Å²) in [5, 5.41) is 3.75. The van der Waals surface area contributed by atoms with Crippen molar-refractivity contribution in [2.45, 2.75) is 0 Å². The van der Waals surface area contributed by atoms with E-state index in [4.69, 9.17) is 11.8 Å². The van der Waals surface area contributed by atoms with E-state index < -0.39 is 6.04 Å². The molecule has 1 nitrogen and oxygen atoms in total. The van der Waals surface area contributed by atoms with Gasteiger partial charge in [-0.05, 0) is 24.7 Å². The average Bonchev–Trinajstić information content (AvgIpc) is 3.43. The van der Waals surface area contributed by atoms with Gasteiger partial charge < -0.3 is 35.2 Å². The molecule has 150 valence electrons. The van der Waals surface area contributed by atoms with Crippen LogP contribution in [0, 0.1) is 0 Å². The van der Waals surface area contributed by atoms with Crippen molar-refractivity contribution in [3.8, 4) is 0 Å². The Hall–Kier alpha value is -1.89. The summed E-state index contributed by atoms with van der Waals surface area (Å²) in [6, 6.07) is 35.5. The standard InChI is InChI=1S/C19H19NPS.C5H5.Fe/c1-20(2)18-14-9-15-19(18)21(22,16-10-5-3-6-11-16)17-12-7-4-8-13-17;1-2-4-5-3-1;/h3-15H,1-2H3;1-5H;/q-1;-5;. The summed E-state index contributed by atoms with van der Waals surface area (Å²) in [5.74, 6) is 0. The van der Waals surface area contributed by atoms with E-state index in [0.29, 0.717) is 0 Å². The molecule has 0 spiro atoms. The quantitative estimate of drug-likeness (QED) is 0.256. The number of hydrogen-bond donors (Lipinski definition) is 0. The molecular weight excluding hydrogens is 421 g/mol. The molecule has 0 bridgehead atoms. The zero-order chi connectivity index (χ0) is 19.1. The smallest absolute Gasteiger partial charge is 0.0159 e. The first-order valence-electron chi connectivity index (χ1n) is 8.95. The predicted octanol–water partition coefficient (Wildman–Crippen LogP) is 4.63. The van der Waals surface area contributed by atoms with E-state index in [1.54, 1.807) is 0 Å². The van der Waals surface area contributed by atoms with Crippen molar-refractivity contribution in [1.29, 1.82) is 0 Å². The van der Waals surface area contributed by atoms with Gasteiger partial charge in [0.2, 0.25) is 0 Å². The third kappa shape index (κ3) is 4.93. The largest absolute Gasteiger partial charge is 0.748 e. The monoisotopic (exact) mass is 445 g/mol. The fraction of sp³-hybridized carbons (Fsp3) is 0.0833. The van der Waals surface area contributed by atoms with Crippen LogP contribution in [0.15, 0.2) is 109 Å². The Bertz CT molecular complexity index is 915. The molecule has 4 rings (SSSR count). The molecule has 0 aliphatic heterocycles. The second kappa shape index (κ2) is 10.6. The first-order chi connectivity index (χ1) is 13.1. The van der Waals surface area contributed by atoms with Gasteiger partial charge in [-0.1, -0.05) is 78.2 Å². The topological polar surface area (TPSA) is 3.24 Å². The first-order valence-corrected chi connectivity index (χ1v) is 11.8. The summed E-state index contributed by atoms with van der Waals surface area (Å²) in [6.07, 6.45) is 0. The third-order valence-corrected chi connectivity index (χ3v) is 9.35. The molecule has 0 aliphatic carbocycles. The summed E-state index contributed by atoms with van der Waals surface area (Å²) < 4.78 is 0. The van der Waals surface area contributed by atoms with Gasteiger partial charge in [0.1, 0.15) is 0 Å². The number of nitrogens with zero attached hydrogens (tertiary/aromatic N) is 1. The summed E-state index contributed by atoms with van der Waals surface area (Å²) in [6.45, 7) is 0. The molecule has 0 heterocycles. The van der Waals surface area contributed by atoms with Crippen LogP contribution in [0.2, 0.25) is 0 Å². The second-order valence-electron chi connectivity index (χ2n) is 6.43. The van der Waals surface area contributed by atoms with Crippen LogP contribution in [-0.4, -0.2) is 14.1 Å². The maximum atomic E-state index is 6.35. The SMILES string of the molecule is CN(C)[c-]1cccc1P(=S)(c1ccccc1)c1ccccc1.[Fe].[cH-]1[cH-][cH-][cH-][cH-]1. The summed E-state index contributed by atoms with van der Waals surface area (Å²) in [7, 11) is 4.16. The Labute approximate surface area is 184 Å². The molecule has 0 aromatic heterocycles. The molecule has 0 amide bonds. The number of anilines is 1. The van der Waals surface area contributed by atoms with E-state index in [9.17, 15) is 0 Å². The molecule has 0 radical (unpaired) electrons. The van der Waals surface area contributed by atoms with E-state index in [1.165, 1.54) is 21.6 Å². The van der Waals surface area contributed by atoms with Gasteiger partial charge in [-0.15, -0.1) is 5.30 Å². The first kappa shape index (κ1) is 22.4. The normalized spacial score (nSPS) is 10.4. The maximum absolute atomic E-state index is 6.35. The van der Waals surface area contributed by atoms with Crippen LogP contribution in [-0.2, 0) is 28.9 Å². The second-order valence-corrected chi connectivity index (χ2v) is 10.8. The Morgan fingerprint density at radius 2 is 1.14 bits per heavy atom. The molecule has 4 heteroatoms. The Morgan fingerprint density at radius 1 is 0.714 bits per heavy atom. The van der Waals surface area contributed by atoms with Crippen molar-refractivity contribution in [3.63, 3.8) is 0 Å². The molecule has 0 atom stereocenters. The van der Waals surface area contributed by atoms with Gasteiger partial charge in [-0.3, -0.25) is 0 Å². The van der Waals surface area contributed by atoms with Crippen LogP contribution < -0.4 is 20.8 Å². The van der Waals surface area contributed by atoms with Gasteiger partial charge in [0.25, 0.3) is 0 Å². The fourth-order valence-corrected chi connectivity index (χ4v) is 7.19. The minimum absolute atomic E-state index is 0. The summed E-state index contributed by atoms with van der Waals surface area (Å²) in [5.41, 5.74) is 1.22. The molecule has 0 aliphatic rings. The molecule has 4 aromatic carbocycles. The molecule has 0 unspecified atom stereocenters. The van der Waals surface area contributed by atoms with Crippen LogP contribution in [0.3, 0.4) is 0 Å². The van der Waals surface area contributed by atoms with E-state index in [-0.39, 0.29) is 17.1 Å². The number of hydrogen-bond acceptors (Lipinski definition) is 2. The summed E-state index contributed by atoms with van der Waals surface area (Å²) in [4.78, 5) is 2.16. The molecule has 0 saturated carbocycles. The van der Waals surface area contributed by atoms with Crippen molar-refractivity contribution in [3.05, 3.63) is 109 Å². The molecule has 28 heavy (non-hydrogen) atoms. The van der Waals surface area contributed by atoms with Crippen LogP contribution in [0.25, 0.3) is 0 Å². The van der Waals surface area contributed by atoms with Gasteiger partial charge in [0.15, 0.2) is 0 Å². The van der Waals surface area contributed by atoms with E-state index in [0.717, 1.165) is 0 Å². The number of benzene rings is 2. The number of rotatable bonds is 4. The van der Waals surface area contributed by atoms with Crippen LogP contribution in [0.1, 0.15) is 0 Å². The van der Waals surface area contributed by atoms with Crippen molar-refractivity contribution in [1.82, 2.24) is 0 Å². The van der Waals surface area contributed by atoms with Crippen molar-refractivity contribution >= 4 is 39.4 Å². The fourth-order valence-electron chi connectivity index (χ4n) is 3.07. The molecule has 0 N–H and O–H groups in total. The molecule has 0 saturated heterocycles. The molecular formula is C24H24FeNPS-6. The zero-order valence-corrected chi connectivity index (χ0v) is 18.9. The van der Waals surface area contributed by atoms with Crippen molar-refractivity contribution < 1.29 is 17.1 Å². The predicted molar refractivity (Wildman–Crippen MR) is 124 cm³/mol. The Morgan fingerprint density at radius 3 is 1.54 bits per heavy atom. The van der Waals surface area contributed by atoms with Crippen LogP contribution in [0.4, 0.5) is 5.69 Å². The third-order valence-electron chi connectivity index (χ3n) is 4.39. The van der Waals surface area contributed by atoms with E-state index in [2.05, 4.69) is 85.7 Å². The van der Waals surface area contributed by atoms with Crippen molar-refractivity contribution in [2.75, 3.05) is 19.0 Å². The zero-order valence-electron chi connectivity index (χ0n) is 16.0.